The van der Waals surface area contributed by atoms with Crippen LogP contribution in [-0.4, -0.2) is 57.7 Å². The lowest BCUT2D eigenvalue weighted by molar-refractivity contribution is -0.120. The Morgan fingerprint density at radius 3 is 2.41 bits per heavy atom. The van der Waals surface area contributed by atoms with Gasteiger partial charge in [0.1, 0.15) is 11.6 Å². The van der Waals surface area contributed by atoms with Crippen molar-refractivity contribution in [3.05, 3.63) is 54.6 Å². The number of sulfonamides is 1. The Bertz CT molecular complexity index is 1190. The van der Waals surface area contributed by atoms with E-state index < -0.39 is 10.0 Å². The molecule has 2 aromatic heterocycles. The number of rotatable bonds is 6. The van der Waals surface area contributed by atoms with Crippen molar-refractivity contribution in [2.24, 2.45) is 5.92 Å². The van der Waals surface area contributed by atoms with Crippen LogP contribution in [0.25, 0.3) is 5.82 Å². The predicted molar refractivity (Wildman–Crippen MR) is 121 cm³/mol. The second kappa shape index (κ2) is 9.05. The number of amides is 1. The van der Waals surface area contributed by atoms with Crippen molar-refractivity contribution in [3.8, 4) is 5.82 Å². The summed E-state index contributed by atoms with van der Waals surface area (Å²) in [4.78, 5) is 21.4. The number of aryl methyl sites for hydroxylation is 1. The maximum atomic E-state index is 12.6. The molecule has 3 aromatic rings. The van der Waals surface area contributed by atoms with Crippen LogP contribution in [0.2, 0.25) is 0 Å². The molecule has 0 unspecified atom stereocenters. The molecular formula is C21H25N7O3S. The van der Waals surface area contributed by atoms with Crippen molar-refractivity contribution >= 4 is 33.1 Å². The summed E-state index contributed by atoms with van der Waals surface area (Å²) in [5.41, 5.74) is 1.50. The van der Waals surface area contributed by atoms with E-state index in [1.807, 2.05) is 43.5 Å². The van der Waals surface area contributed by atoms with E-state index in [9.17, 15) is 13.2 Å². The van der Waals surface area contributed by atoms with Gasteiger partial charge in [-0.3, -0.25) is 4.79 Å². The summed E-state index contributed by atoms with van der Waals surface area (Å²) >= 11 is 0. The highest BCUT2D eigenvalue weighted by atomic mass is 32.2. The molecule has 1 saturated heterocycles. The fourth-order valence-corrected chi connectivity index (χ4v) is 4.49. The maximum Gasteiger partial charge on any atom is 0.227 e. The smallest absolute Gasteiger partial charge is 0.227 e. The molecule has 0 aliphatic carbocycles. The Morgan fingerprint density at radius 1 is 1.09 bits per heavy atom. The molecule has 1 fully saturated rings. The first-order chi connectivity index (χ1) is 15.3. The van der Waals surface area contributed by atoms with Crippen LogP contribution in [0, 0.1) is 12.8 Å². The number of carbonyl (C=O) groups excluding carboxylic acids is 1. The van der Waals surface area contributed by atoms with Gasteiger partial charge in [0.25, 0.3) is 0 Å². The number of carbonyl (C=O) groups is 1. The third kappa shape index (κ3) is 5.29. The summed E-state index contributed by atoms with van der Waals surface area (Å²) in [6.07, 6.45) is 5.74. The summed E-state index contributed by atoms with van der Waals surface area (Å²) in [5.74, 6) is 1.63. The molecule has 11 heteroatoms. The zero-order valence-electron chi connectivity index (χ0n) is 17.9. The zero-order valence-corrected chi connectivity index (χ0v) is 18.7. The lowest BCUT2D eigenvalue weighted by Gasteiger charge is -2.29. The van der Waals surface area contributed by atoms with E-state index in [0.29, 0.717) is 49.1 Å². The van der Waals surface area contributed by atoms with Gasteiger partial charge in [0.2, 0.25) is 15.9 Å². The number of anilines is 3. The van der Waals surface area contributed by atoms with E-state index in [4.69, 9.17) is 0 Å². The minimum absolute atomic E-state index is 0.0888. The average molecular weight is 456 g/mol. The van der Waals surface area contributed by atoms with Crippen LogP contribution in [0.15, 0.2) is 48.8 Å². The van der Waals surface area contributed by atoms with Crippen LogP contribution >= 0.6 is 0 Å². The second-order valence-electron chi connectivity index (χ2n) is 7.74. The molecular weight excluding hydrogens is 430 g/mol. The third-order valence-electron chi connectivity index (χ3n) is 5.28. The van der Waals surface area contributed by atoms with Gasteiger partial charge in [-0.25, -0.2) is 27.4 Å². The number of benzene rings is 1. The SMILES string of the molecule is Cc1nc(Nc2ccc(NC(=O)C3CCN(S(C)(=O)=O)CC3)cc2)cc(-n2cccn2)n1. The molecule has 0 bridgehead atoms. The molecule has 168 valence electrons. The summed E-state index contributed by atoms with van der Waals surface area (Å²) < 4.78 is 26.3. The molecule has 32 heavy (non-hydrogen) atoms. The standard InChI is InChI=1S/C21H25N7O3S/c1-15-23-19(14-20(24-15)28-11-3-10-22-28)25-17-4-6-18(7-5-17)26-21(29)16-8-12-27(13-9-16)32(2,30)31/h3-7,10-11,14,16H,8-9,12-13H2,1-2H3,(H,26,29)(H,23,24,25). The molecule has 0 atom stereocenters. The van der Waals surface area contributed by atoms with Gasteiger partial charge in [-0.15, -0.1) is 0 Å². The van der Waals surface area contributed by atoms with Crippen molar-refractivity contribution < 1.29 is 13.2 Å². The largest absolute Gasteiger partial charge is 0.340 e. The van der Waals surface area contributed by atoms with Crippen molar-refractivity contribution in [2.45, 2.75) is 19.8 Å². The van der Waals surface area contributed by atoms with Gasteiger partial charge >= 0.3 is 0 Å². The van der Waals surface area contributed by atoms with Crippen LogP contribution < -0.4 is 10.6 Å². The Kier molecular flexibility index (Phi) is 6.19. The Labute approximate surface area is 186 Å². The monoisotopic (exact) mass is 455 g/mol. The van der Waals surface area contributed by atoms with Gasteiger partial charge in [-0.1, -0.05) is 0 Å². The van der Waals surface area contributed by atoms with Crippen molar-refractivity contribution in [1.29, 1.82) is 0 Å². The van der Waals surface area contributed by atoms with E-state index in [1.165, 1.54) is 10.6 Å². The summed E-state index contributed by atoms with van der Waals surface area (Å²) in [5, 5.41) is 10.4. The van der Waals surface area contributed by atoms with E-state index in [2.05, 4.69) is 25.7 Å². The van der Waals surface area contributed by atoms with E-state index in [0.717, 1.165) is 5.69 Å². The second-order valence-corrected chi connectivity index (χ2v) is 9.72. The lowest BCUT2D eigenvalue weighted by atomic mass is 9.97. The quantitative estimate of drug-likeness (QED) is 0.585. The van der Waals surface area contributed by atoms with Crippen molar-refractivity contribution in [3.63, 3.8) is 0 Å². The fourth-order valence-electron chi connectivity index (χ4n) is 3.62. The molecule has 1 aliphatic heterocycles. The summed E-state index contributed by atoms with van der Waals surface area (Å²) in [7, 11) is -3.20. The Balaban J connectivity index is 1.36. The van der Waals surface area contributed by atoms with E-state index in [1.54, 1.807) is 16.9 Å². The van der Waals surface area contributed by atoms with Gasteiger partial charge in [-0.2, -0.15) is 5.10 Å². The molecule has 2 N–H and O–H groups in total. The first-order valence-corrected chi connectivity index (χ1v) is 12.1. The van der Waals surface area contributed by atoms with Gasteiger partial charge in [-0.05, 0) is 50.1 Å². The Hall–Kier alpha value is -3.31. The van der Waals surface area contributed by atoms with Crippen LogP contribution in [0.5, 0.6) is 0 Å². The van der Waals surface area contributed by atoms with Crippen molar-refractivity contribution in [2.75, 3.05) is 30.0 Å². The third-order valence-corrected chi connectivity index (χ3v) is 6.59. The minimum Gasteiger partial charge on any atom is -0.340 e. The van der Waals surface area contributed by atoms with Gasteiger partial charge in [0.15, 0.2) is 5.82 Å². The van der Waals surface area contributed by atoms with Crippen LogP contribution in [0.4, 0.5) is 17.2 Å². The molecule has 10 nitrogen and oxygen atoms in total. The van der Waals surface area contributed by atoms with Gasteiger partial charge in [0.05, 0.1) is 6.26 Å². The number of nitrogens with one attached hydrogen (secondary N) is 2. The van der Waals surface area contributed by atoms with Crippen molar-refractivity contribution in [1.82, 2.24) is 24.1 Å². The molecule has 1 amide bonds. The number of nitrogens with zero attached hydrogens (tertiary/aromatic N) is 5. The van der Waals surface area contributed by atoms with Gasteiger partial charge in [0, 0.05) is 48.8 Å². The molecule has 1 aliphatic rings. The van der Waals surface area contributed by atoms with Gasteiger partial charge < -0.3 is 10.6 Å². The first kappa shape index (κ1) is 21.9. The summed E-state index contributed by atoms with van der Waals surface area (Å²) in [6.45, 7) is 2.56. The Morgan fingerprint density at radius 2 is 1.78 bits per heavy atom. The maximum absolute atomic E-state index is 12.6. The molecule has 0 radical (unpaired) electrons. The van der Waals surface area contributed by atoms with Crippen LogP contribution in [0.3, 0.4) is 0 Å². The zero-order chi connectivity index (χ0) is 22.7. The summed E-state index contributed by atoms with van der Waals surface area (Å²) in [6, 6.07) is 11.0. The number of piperidine rings is 1. The highest BCUT2D eigenvalue weighted by Crippen LogP contribution is 2.23. The van der Waals surface area contributed by atoms with Crippen LogP contribution in [0.1, 0.15) is 18.7 Å². The number of hydrogen-bond donors (Lipinski definition) is 2. The topological polar surface area (TPSA) is 122 Å². The molecule has 1 aromatic carbocycles. The molecule has 4 rings (SSSR count). The van der Waals surface area contributed by atoms with E-state index in [-0.39, 0.29) is 11.8 Å². The minimum atomic E-state index is -3.20. The lowest BCUT2D eigenvalue weighted by Crippen LogP contribution is -2.40. The normalized spacial score (nSPS) is 15.4. The molecule has 0 saturated carbocycles. The highest BCUT2D eigenvalue weighted by Gasteiger charge is 2.28. The average Bonchev–Trinajstić information content (AvgIpc) is 3.29. The molecule has 0 spiro atoms. The van der Waals surface area contributed by atoms with E-state index >= 15 is 0 Å². The fraction of sp³-hybridized carbons (Fsp3) is 0.333. The molecule has 3 heterocycles. The first-order valence-electron chi connectivity index (χ1n) is 10.3. The highest BCUT2D eigenvalue weighted by molar-refractivity contribution is 7.88. The van der Waals surface area contributed by atoms with Crippen LogP contribution in [-0.2, 0) is 14.8 Å². The number of hydrogen-bond acceptors (Lipinski definition) is 7. The number of aromatic nitrogens is 4. The predicted octanol–water partition coefficient (Wildman–Crippen LogP) is 2.32.